The molecule has 28 heavy (non-hydrogen) atoms. The van der Waals surface area contributed by atoms with Gasteiger partial charge in [-0.1, -0.05) is 39.0 Å². The standard InChI is InChI=1S/C21H21BrN2O4/c1-21(2,3)19(26)16-17(13-7-5-6-8-14(13)28-4)24(20(27)18(16)25)15-10-9-12(22)11-23-15/h5-11,16-17H,1-4H3. The summed E-state index contributed by atoms with van der Waals surface area (Å²) in [4.78, 5) is 44.6. The number of ether oxygens (including phenoxy) is 1. The molecule has 2 heterocycles. The highest BCUT2D eigenvalue weighted by Gasteiger charge is 2.55. The average Bonchev–Trinajstić information content (AvgIpc) is 2.92. The maximum absolute atomic E-state index is 13.2. The highest BCUT2D eigenvalue weighted by molar-refractivity contribution is 9.10. The summed E-state index contributed by atoms with van der Waals surface area (Å²) in [5, 5.41) is 0. The van der Waals surface area contributed by atoms with Crippen molar-refractivity contribution in [3.05, 3.63) is 52.6 Å². The molecule has 1 aromatic carbocycles. The Morgan fingerprint density at radius 3 is 2.39 bits per heavy atom. The van der Waals surface area contributed by atoms with Gasteiger partial charge in [0, 0.05) is 21.6 Å². The van der Waals surface area contributed by atoms with E-state index in [1.165, 1.54) is 12.0 Å². The Balaban J connectivity index is 2.23. The van der Waals surface area contributed by atoms with Crippen molar-refractivity contribution in [1.82, 2.24) is 4.98 Å². The third-order valence-electron chi connectivity index (χ3n) is 4.74. The van der Waals surface area contributed by atoms with Crippen molar-refractivity contribution < 1.29 is 19.1 Å². The summed E-state index contributed by atoms with van der Waals surface area (Å²) in [6.45, 7) is 5.23. The number of halogens is 1. The molecule has 1 aromatic heterocycles. The van der Waals surface area contributed by atoms with Gasteiger partial charge in [0.25, 0.3) is 5.91 Å². The largest absolute Gasteiger partial charge is 0.496 e. The number of anilines is 1. The SMILES string of the molecule is COc1ccccc1C1C(C(=O)C(C)(C)C)C(=O)C(=O)N1c1ccc(Br)cn1. The number of aromatic nitrogens is 1. The van der Waals surface area contributed by atoms with Gasteiger partial charge in [-0.15, -0.1) is 0 Å². The van der Waals surface area contributed by atoms with Gasteiger partial charge in [0.2, 0.25) is 5.78 Å². The summed E-state index contributed by atoms with van der Waals surface area (Å²) >= 11 is 3.32. The molecule has 0 aliphatic carbocycles. The lowest BCUT2D eigenvalue weighted by Gasteiger charge is -2.30. The van der Waals surface area contributed by atoms with E-state index >= 15 is 0 Å². The van der Waals surface area contributed by atoms with Crippen LogP contribution in [-0.2, 0) is 14.4 Å². The van der Waals surface area contributed by atoms with E-state index in [1.807, 2.05) is 0 Å². The molecule has 0 N–H and O–H groups in total. The Morgan fingerprint density at radius 2 is 1.82 bits per heavy atom. The predicted octanol–water partition coefficient (Wildman–Crippen LogP) is 3.74. The van der Waals surface area contributed by atoms with Gasteiger partial charge < -0.3 is 4.74 Å². The number of rotatable bonds is 4. The van der Waals surface area contributed by atoms with Crippen LogP contribution < -0.4 is 9.64 Å². The number of Topliss-reactive ketones (excluding diaryl/α,β-unsaturated/α-hetero) is 2. The lowest BCUT2D eigenvalue weighted by molar-refractivity contribution is -0.141. The molecule has 3 rings (SSSR count). The van der Waals surface area contributed by atoms with Crippen LogP contribution in [-0.4, -0.2) is 29.6 Å². The summed E-state index contributed by atoms with van der Waals surface area (Å²) in [5.41, 5.74) is -0.194. The fourth-order valence-electron chi connectivity index (χ4n) is 3.39. The van der Waals surface area contributed by atoms with Crippen LogP contribution in [0.15, 0.2) is 47.1 Å². The number of hydrogen-bond acceptors (Lipinski definition) is 5. The first kappa shape index (κ1) is 20.2. The second kappa shape index (κ2) is 7.47. The Labute approximate surface area is 172 Å². The van der Waals surface area contributed by atoms with Crippen LogP contribution in [0.1, 0.15) is 32.4 Å². The normalized spacial score (nSPS) is 19.8. The van der Waals surface area contributed by atoms with E-state index in [4.69, 9.17) is 4.74 Å². The minimum Gasteiger partial charge on any atom is -0.496 e. The maximum Gasteiger partial charge on any atom is 0.297 e. The summed E-state index contributed by atoms with van der Waals surface area (Å²) in [6.07, 6.45) is 1.55. The molecule has 2 atom stereocenters. The number of amides is 1. The van der Waals surface area contributed by atoms with Crippen molar-refractivity contribution in [2.75, 3.05) is 12.0 Å². The highest BCUT2D eigenvalue weighted by Crippen LogP contribution is 2.44. The molecule has 0 radical (unpaired) electrons. The second-order valence-corrected chi connectivity index (χ2v) is 8.57. The van der Waals surface area contributed by atoms with E-state index in [1.54, 1.807) is 63.4 Å². The topological polar surface area (TPSA) is 76.6 Å². The summed E-state index contributed by atoms with van der Waals surface area (Å²) < 4.78 is 6.20. The first-order valence-corrected chi connectivity index (χ1v) is 9.62. The van der Waals surface area contributed by atoms with Gasteiger partial charge in [-0.3, -0.25) is 19.3 Å². The quantitative estimate of drug-likeness (QED) is 0.530. The smallest absolute Gasteiger partial charge is 0.297 e. The first-order valence-electron chi connectivity index (χ1n) is 8.83. The summed E-state index contributed by atoms with van der Waals surface area (Å²) in [5.74, 6) is -2.07. The number of pyridine rings is 1. The third-order valence-corrected chi connectivity index (χ3v) is 5.21. The molecular formula is C21H21BrN2O4. The van der Waals surface area contributed by atoms with Crippen LogP contribution in [0.25, 0.3) is 0 Å². The number of benzene rings is 1. The Bertz CT molecular complexity index is 934. The molecule has 0 spiro atoms. The molecule has 1 saturated heterocycles. The minimum absolute atomic E-state index is 0.290. The van der Waals surface area contributed by atoms with Crippen molar-refractivity contribution in [3.8, 4) is 5.75 Å². The fraction of sp³-hybridized carbons (Fsp3) is 0.333. The van der Waals surface area contributed by atoms with Crippen molar-refractivity contribution in [1.29, 1.82) is 0 Å². The van der Waals surface area contributed by atoms with Crippen LogP contribution >= 0.6 is 15.9 Å². The van der Waals surface area contributed by atoms with E-state index in [0.717, 1.165) is 4.47 Å². The molecule has 2 aromatic rings. The molecular weight excluding hydrogens is 424 g/mol. The van der Waals surface area contributed by atoms with Crippen LogP contribution in [0, 0.1) is 11.3 Å². The monoisotopic (exact) mass is 444 g/mol. The zero-order valence-corrected chi connectivity index (χ0v) is 17.7. The lowest BCUT2D eigenvalue weighted by atomic mass is 9.77. The van der Waals surface area contributed by atoms with Gasteiger partial charge in [0.15, 0.2) is 5.78 Å². The van der Waals surface area contributed by atoms with Gasteiger partial charge in [0.1, 0.15) is 17.5 Å². The number of methoxy groups -OCH3 is 1. The zero-order valence-electron chi connectivity index (χ0n) is 16.1. The minimum atomic E-state index is -1.13. The van der Waals surface area contributed by atoms with E-state index in [9.17, 15) is 14.4 Å². The van der Waals surface area contributed by atoms with E-state index in [-0.39, 0.29) is 5.78 Å². The maximum atomic E-state index is 13.2. The van der Waals surface area contributed by atoms with E-state index in [0.29, 0.717) is 17.1 Å². The predicted molar refractivity (Wildman–Crippen MR) is 108 cm³/mol. The third kappa shape index (κ3) is 3.46. The Hall–Kier alpha value is -2.54. The second-order valence-electron chi connectivity index (χ2n) is 7.65. The van der Waals surface area contributed by atoms with Gasteiger partial charge >= 0.3 is 0 Å². The molecule has 0 saturated carbocycles. The molecule has 146 valence electrons. The molecule has 7 heteroatoms. The number of para-hydroxylation sites is 1. The van der Waals surface area contributed by atoms with Gasteiger partial charge in [-0.25, -0.2) is 4.98 Å². The van der Waals surface area contributed by atoms with Gasteiger partial charge in [-0.2, -0.15) is 0 Å². The van der Waals surface area contributed by atoms with Crippen LogP contribution in [0.5, 0.6) is 5.75 Å². The van der Waals surface area contributed by atoms with Crippen LogP contribution in [0.2, 0.25) is 0 Å². The number of carbonyl (C=O) groups excluding carboxylic acids is 3. The fourth-order valence-corrected chi connectivity index (χ4v) is 3.62. The average molecular weight is 445 g/mol. The number of hydrogen-bond donors (Lipinski definition) is 0. The van der Waals surface area contributed by atoms with Crippen molar-refractivity contribution in [2.45, 2.75) is 26.8 Å². The number of ketones is 2. The first-order chi connectivity index (χ1) is 13.2. The zero-order chi connectivity index (χ0) is 20.6. The molecule has 1 fully saturated rings. The lowest BCUT2D eigenvalue weighted by Crippen LogP contribution is -2.36. The molecule has 1 aliphatic rings. The Kier molecular flexibility index (Phi) is 5.39. The van der Waals surface area contributed by atoms with Crippen molar-refractivity contribution >= 4 is 39.2 Å². The molecule has 0 bridgehead atoms. The molecule has 2 unspecified atom stereocenters. The van der Waals surface area contributed by atoms with Crippen molar-refractivity contribution in [2.24, 2.45) is 11.3 Å². The van der Waals surface area contributed by atoms with Crippen LogP contribution in [0.4, 0.5) is 5.82 Å². The summed E-state index contributed by atoms with van der Waals surface area (Å²) in [6, 6.07) is 9.65. The molecule has 1 aliphatic heterocycles. The van der Waals surface area contributed by atoms with E-state index in [2.05, 4.69) is 20.9 Å². The van der Waals surface area contributed by atoms with Gasteiger partial charge in [-0.05, 0) is 34.1 Å². The van der Waals surface area contributed by atoms with E-state index < -0.39 is 29.1 Å². The number of nitrogens with zero attached hydrogens (tertiary/aromatic N) is 2. The number of carbonyl (C=O) groups is 3. The van der Waals surface area contributed by atoms with Crippen LogP contribution in [0.3, 0.4) is 0 Å². The molecule has 6 nitrogen and oxygen atoms in total. The highest BCUT2D eigenvalue weighted by atomic mass is 79.9. The summed E-state index contributed by atoms with van der Waals surface area (Å²) in [7, 11) is 1.51. The Morgan fingerprint density at radius 1 is 1.14 bits per heavy atom. The molecule has 1 amide bonds. The van der Waals surface area contributed by atoms with Crippen molar-refractivity contribution in [3.63, 3.8) is 0 Å². The van der Waals surface area contributed by atoms with Gasteiger partial charge in [0.05, 0.1) is 13.2 Å².